The van der Waals surface area contributed by atoms with Crippen LogP contribution in [0.1, 0.15) is 49.1 Å². The van der Waals surface area contributed by atoms with E-state index in [2.05, 4.69) is 27.0 Å². The molecule has 3 aromatic carbocycles. The number of rotatable bonds is 9. The third-order valence-corrected chi connectivity index (χ3v) is 8.65. The second kappa shape index (κ2) is 13.6. The number of thiazole rings is 1. The summed E-state index contributed by atoms with van der Waals surface area (Å²) in [6.45, 7) is 6.20. The van der Waals surface area contributed by atoms with Crippen molar-refractivity contribution in [2.45, 2.75) is 33.4 Å². The Kier molecular flexibility index (Phi) is 9.69. The summed E-state index contributed by atoms with van der Waals surface area (Å²) >= 11 is 11.2. The molecule has 0 bridgehead atoms. The summed E-state index contributed by atoms with van der Waals surface area (Å²) in [7, 11) is 0. The summed E-state index contributed by atoms with van der Waals surface area (Å²) in [4.78, 5) is 32.4. The number of halogens is 2. The van der Waals surface area contributed by atoms with Crippen LogP contribution in [-0.2, 0) is 16.1 Å². The van der Waals surface area contributed by atoms with E-state index >= 15 is 0 Å². The van der Waals surface area contributed by atoms with Crippen LogP contribution in [0.5, 0.6) is 11.5 Å². The lowest BCUT2D eigenvalue weighted by atomic mass is 9.96. The molecule has 4 aromatic rings. The van der Waals surface area contributed by atoms with E-state index in [-0.39, 0.29) is 18.8 Å². The van der Waals surface area contributed by atoms with E-state index in [1.54, 1.807) is 44.2 Å². The summed E-state index contributed by atoms with van der Waals surface area (Å²) in [5.41, 5.74) is 2.93. The Balaban J connectivity index is 1.64. The summed E-state index contributed by atoms with van der Waals surface area (Å²) in [6.07, 6.45) is 1.70. The van der Waals surface area contributed by atoms with E-state index in [9.17, 15) is 14.9 Å². The number of allylic oxidation sites excluding steroid dienone is 1. The summed E-state index contributed by atoms with van der Waals surface area (Å²) in [5, 5.41) is 9.93. The minimum atomic E-state index is -0.757. The Morgan fingerprint density at radius 3 is 2.59 bits per heavy atom. The zero-order valence-electron chi connectivity index (χ0n) is 24.1. The summed E-state index contributed by atoms with van der Waals surface area (Å²) < 4.78 is 19.7. The fraction of sp³-hybridized carbons (Fsp3) is 0.212. The first-order valence-corrected chi connectivity index (χ1v) is 15.8. The van der Waals surface area contributed by atoms with Crippen LogP contribution in [0.25, 0.3) is 6.08 Å². The highest BCUT2D eigenvalue weighted by Gasteiger charge is 2.33. The van der Waals surface area contributed by atoms with Gasteiger partial charge in [-0.2, -0.15) is 5.26 Å². The van der Waals surface area contributed by atoms with Crippen LogP contribution in [0.4, 0.5) is 0 Å². The van der Waals surface area contributed by atoms with Crippen molar-refractivity contribution in [3.63, 3.8) is 0 Å². The summed E-state index contributed by atoms with van der Waals surface area (Å²) in [5.74, 6) is 0.604. The second-order valence-corrected chi connectivity index (χ2v) is 12.0. The molecule has 44 heavy (non-hydrogen) atoms. The molecule has 1 atom stereocenters. The average Bonchev–Trinajstić information content (AvgIpc) is 3.30. The van der Waals surface area contributed by atoms with Gasteiger partial charge >= 0.3 is 5.97 Å². The van der Waals surface area contributed by atoms with Crippen LogP contribution >= 0.6 is 38.9 Å². The van der Waals surface area contributed by atoms with E-state index in [1.807, 2.05) is 43.3 Å². The molecule has 1 aromatic heterocycles. The molecule has 0 spiro atoms. The number of hydrogen-bond acceptors (Lipinski definition) is 8. The third kappa shape index (κ3) is 6.36. The van der Waals surface area contributed by atoms with E-state index in [1.165, 1.54) is 15.9 Å². The lowest BCUT2D eigenvalue weighted by Gasteiger charge is -2.24. The molecule has 0 saturated heterocycles. The van der Waals surface area contributed by atoms with Crippen molar-refractivity contribution in [2.75, 3.05) is 13.2 Å². The molecule has 1 aliphatic rings. The van der Waals surface area contributed by atoms with Gasteiger partial charge in [0.15, 0.2) is 4.80 Å². The van der Waals surface area contributed by atoms with Crippen molar-refractivity contribution in [3.8, 4) is 17.6 Å². The van der Waals surface area contributed by atoms with Gasteiger partial charge in [-0.25, -0.2) is 9.79 Å². The highest BCUT2D eigenvalue weighted by Crippen LogP contribution is 2.35. The number of ether oxygens (including phenoxy) is 3. The molecule has 0 unspecified atom stereocenters. The number of hydrogen-bond donors (Lipinski definition) is 0. The smallest absolute Gasteiger partial charge is 0.338 e. The van der Waals surface area contributed by atoms with E-state index in [0.29, 0.717) is 64.9 Å². The average molecular weight is 693 g/mol. The Morgan fingerprint density at radius 1 is 1.14 bits per heavy atom. The van der Waals surface area contributed by atoms with E-state index in [0.717, 1.165) is 5.56 Å². The number of esters is 1. The minimum Gasteiger partial charge on any atom is -0.494 e. The largest absolute Gasteiger partial charge is 0.494 e. The van der Waals surface area contributed by atoms with Crippen molar-refractivity contribution in [2.24, 2.45) is 4.99 Å². The first-order chi connectivity index (χ1) is 21.2. The molecular weight excluding hydrogens is 666 g/mol. The zero-order chi connectivity index (χ0) is 31.4. The van der Waals surface area contributed by atoms with Gasteiger partial charge in [-0.1, -0.05) is 53.3 Å². The normalized spacial score (nSPS) is 14.5. The van der Waals surface area contributed by atoms with Gasteiger partial charge in [0.1, 0.15) is 18.1 Å². The lowest BCUT2D eigenvalue weighted by Crippen LogP contribution is -2.39. The van der Waals surface area contributed by atoms with Crippen molar-refractivity contribution < 1.29 is 19.0 Å². The highest BCUT2D eigenvalue weighted by atomic mass is 79.9. The number of aromatic nitrogens is 1. The van der Waals surface area contributed by atoms with Crippen LogP contribution in [-0.4, -0.2) is 23.8 Å². The topological polar surface area (TPSA) is 103 Å². The molecule has 0 N–H and O–H groups in total. The number of fused-ring (bicyclic) bond motifs is 1. The van der Waals surface area contributed by atoms with Crippen molar-refractivity contribution in [1.82, 2.24) is 4.57 Å². The van der Waals surface area contributed by atoms with Gasteiger partial charge in [-0.3, -0.25) is 9.36 Å². The van der Waals surface area contributed by atoms with Crippen LogP contribution in [0.2, 0.25) is 5.02 Å². The predicted octanol–water partition coefficient (Wildman–Crippen LogP) is 6.06. The molecule has 0 fully saturated rings. The maximum atomic E-state index is 14.1. The van der Waals surface area contributed by atoms with Crippen LogP contribution in [0.15, 0.2) is 86.2 Å². The molecule has 0 amide bonds. The molecule has 8 nitrogen and oxygen atoms in total. The van der Waals surface area contributed by atoms with E-state index in [4.69, 9.17) is 25.8 Å². The van der Waals surface area contributed by atoms with Crippen molar-refractivity contribution in [3.05, 3.63) is 123 Å². The molecule has 1 aliphatic heterocycles. The number of carbonyl (C=O) groups excluding carboxylic acids is 1. The van der Waals surface area contributed by atoms with Gasteiger partial charge in [0.2, 0.25) is 0 Å². The minimum absolute atomic E-state index is 0.131. The predicted molar refractivity (Wildman–Crippen MR) is 173 cm³/mol. The van der Waals surface area contributed by atoms with Crippen LogP contribution in [0, 0.1) is 11.3 Å². The maximum Gasteiger partial charge on any atom is 0.338 e. The Morgan fingerprint density at radius 2 is 1.89 bits per heavy atom. The Bertz CT molecular complexity index is 1990. The molecular formula is C33H27BrClN3O5S. The first-order valence-electron chi connectivity index (χ1n) is 13.8. The number of carbonyl (C=O) groups is 1. The van der Waals surface area contributed by atoms with Crippen LogP contribution in [0.3, 0.4) is 0 Å². The number of benzene rings is 3. The van der Waals surface area contributed by atoms with Gasteiger partial charge in [0.05, 0.1) is 51.2 Å². The van der Waals surface area contributed by atoms with E-state index < -0.39 is 12.0 Å². The quantitative estimate of drug-likeness (QED) is 0.198. The lowest BCUT2D eigenvalue weighted by molar-refractivity contribution is -0.139. The molecule has 2 heterocycles. The fourth-order valence-corrected chi connectivity index (χ4v) is 6.89. The zero-order valence-corrected chi connectivity index (χ0v) is 27.3. The third-order valence-electron chi connectivity index (χ3n) is 6.86. The highest BCUT2D eigenvalue weighted by molar-refractivity contribution is 9.10. The number of nitrogens with zero attached hydrogens (tertiary/aromatic N) is 3. The molecule has 224 valence electrons. The van der Waals surface area contributed by atoms with Crippen molar-refractivity contribution >= 4 is 50.9 Å². The van der Waals surface area contributed by atoms with Crippen molar-refractivity contribution in [1.29, 1.82) is 5.26 Å². The first kappa shape index (κ1) is 31.3. The maximum absolute atomic E-state index is 14.1. The fourth-order valence-electron chi connectivity index (χ4n) is 4.91. The van der Waals surface area contributed by atoms with Gasteiger partial charge in [-0.05, 0) is 78.7 Å². The molecule has 0 radical (unpaired) electrons. The monoisotopic (exact) mass is 691 g/mol. The standard InChI is InChI=1S/C33H27BrClN3O5S/c1-4-41-25-12-10-20(11-13-25)29-28(32(40)42-5-2)19(3)37-33-38(29)31(39)27(44-33)15-23-14-24(35)16-26(34)30(23)43-18-22-9-7-6-8-21(22)17-36/h6-16,29H,4-5,18H2,1-3H3/b27-15-/t29-/m1/s1. The molecule has 5 rings (SSSR count). The van der Waals surface area contributed by atoms with Gasteiger partial charge < -0.3 is 14.2 Å². The molecule has 0 aliphatic carbocycles. The van der Waals surface area contributed by atoms with Gasteiger partial charge in [0, 0.05) is 16.1 Å². The van der Waals surface area contributed by atoms with Crippen LogP contribution < -0.4 is 24.4 Å². The molecule has 0 saturated carbocycles. The van der Waals surface area contributed by atoms with Gasteiger partial charge in [-0.15, -0.1) is 0 Å². The SMILES string of the molecule is CCOC(=O)C1=C(C)N=c2s/c(=C\c3cc(Cl)cc(Br)c3OCc3ccccc3C#N)c(=O)n2[C@@H]1c1ccc(OCC)cc1. The summed E-state index contributed by atoms with van der Waals surface area (Å²) in [6, 6.07) is 19.3. The second-order valence-electron chi connectivity index (χ2n) is 9.67. The Labute approximate surface area is 271 Å². The van der Waals surface area contributed by atoms with Gasteiger partial charge in [0.25, 0.3) is 5.56 Å². The number of nitriles is 1. The Hall–Kier alpha value is -4.17. The molecule has 11 heteroatoms.